The summed E-state index contributed by atoms with van der Waals surface area (Å²) >= 11 is 0.743. The van der Waals surface area contributed by atoms with Gasteiger partial charge in [-0.15, -0.1) is 5.10 Å². The lowest BCUT2D eigenvalue weighted by atomic mass is 10.1. The second-order valence-corrected chi connectivity index (χ2v) is 5.66. The molecular formula is C14H9F4N3O4S. The number of nitrogens with one attached hydrogen (secondary N) is 1. The molecule has 0 unspecified atom stereocenters. The fraction of sp³-hybridized carbons (Fsp3) is 0.143. The number of ether oxygens (including phenoxy) is 1. The zero-order chi connectivity index (χ0) is 19.5. The number of benzene rings is 1. The molecule has 1 saturated heterocycles. The molecule has 1 aromatic rings. The molecule has 7 nitrogen and oxygen atoms in total. The topological polar surface area (TPSA) is 100 Å². The van der Waals surface area contributed by atoms with E-state index in [9.17, 15) is 32.3 Å². The van der Waals surface area contributed by atoms with Gasteiger partial charge in [-0.3, -0.25) is 10.1 Å². The van der Waals surface area contributed by atoms with Crippen LogP contribution in [0.3, 0.4) is 0 Å². The van der Waals surface area contributed by atoms with Crippen LogP contribution in [0.15, 0.2) is 33.3 Å². The van der Waals surface area contributed by atoms with Crippen LogP contribution in [0.1, 0.15) is 11.1 Å². The maximum absolute atomic E-state index is 13.7. The summed E-state index contributed by atoms with van der Waals surface area (Å²) < 4.78 is 55.6. The van der Waals surface area contributed by atoms with Crippen LogP contribution in [-0.4, -0.2) is 35.5 Å². The first-order valence-electron chi connectivity index (χ1n) is 6.61. The minimum Gasteiger partial charge on any atom is -0.507 e. The standard InChI is InChI=1S/C14H9F4N3O4S/c1-25-11(23)4-10-12(24)20-13(26-10)21-19-5-7-8(15)2-6(3-9(7)22)14(16,17)18/h2-5,22H,1H3,(H,20,21,24)/b10-4+,19-5?. The number of carbonyl (C=O) groups is 2. The highest BCUT2D eigenvalue weighted by molar-refractivity contribution is 8.18. The van der Waals surface area contributed by atoms with E-state index < -0.39 is 40.7 Å². The van der Waals surface area contributed by atoms with Gasteiger partial charge in [0.1, 0.15) is 11.6 Å². The third kappa shape index (κ3) is 4.59. The summed E-state index contributed by atoms with van der Waals surface area (Å²) in [6, 6.07) is 0.554. The molecule has 1 aromatic carbocycles. The van der Waals surface area contributed by atoms with E-state index in [4.69, 9.17) is 0 Å². The number of thioether (sulfide) groups is 1. The predicted molar refractivity (Wildman–Crippen MR) is 83.9 cm³/mol. The molecule has 1 heterocycles. The highest BCUT2D eigenvalue weighted by Gasteiger charge is 2.32. The van der Waals surface area contributed by atoms with E-state index >= 15 is 0 Å². The number of esters is 1. The molecule has 0 saturated carbocycles. The van der Waals surface area contributed by atoms with E-state index in [1.165, 1.54) is 0 Å². The van der Waals surface area contributed by atoms with Gasteiger partial charge in [-0.05, 0) is 23.9 Å². The van der Waals surface area contributed by atoms with E-state index in [2.05, 4.69) is 20.3 Å². The highest BCUT2D eigenvalue weighted by Crippen LogP contribution is 2.33. The number of aromatic hydroxyl groups is 1. The fourth-order valence-corrected chi connectivity index (χ4v) is 2.41. The molecule has 0 aliphatic carbocycles. The van der Waals surface area contributed by atoms with E-state index in [1.807, 2.05) is 0 Å². The van der Waals surface area contributed by atoms with E-state index in [0.29, 0.717) is 12.3 Å². The van der Waals surface area contributed by atoms with Crippen molar-refractivity contribution in [2.24, 2.45) is 10.2 Å². The number of alkyl halides is 3. The Morgan fingerprint density at radius 3 is 2.65 bits per heavy atom. The number of hydrogen-bond donors (Lipinski definition) is 2. The Morgan fingerprint density at radius 2 is 2.08 bits per heavy atom. The highest BCUT2D eigenvalue weighted by atomic mass is 32.2. The molecule has 0 aromatic heterocycles. The SMILES string of the molecule is COC(=O)/C=C1/S/C(=N\N=Cc2c(O)cc(C(F)(F)F)cc2F)NC1=O. The number of carbonyl (C=O) groups excluding carboxylic acids is 2. The summed E-state index contributed by atoms with van der Waals surface area (Å²) in [5.74, 6) is -3.73. The summed E-state index contributed by atoms with van der Waals surface area (Å²) in [5, 5.41) is 18.7. The second-order valence-electron chi connectivity index (χ2n) is 4.63. The van der Waals surface area contributed by atoms with E-state index in [1.54, 1.807) is 0 Å². The maximum Gasteiger partial charge on any atom is 0.416 e. The van der Waals surface area contributed by atoms with Crippen LogP contribution in [0.25, 0.3) is 0 Å². The molecule has 1 aliphatic rings. The quantitative estimate of drug-likeness (QED) is 0.270. The van der Waals surface area contributed by atoms with Gasteiger partial charge in [-0.25, -0.2) is 9.18 Å². The van der Waals surface area contributed by atoms with Crippen LogP contribution in [0.2, 0.25) is 0 Å². The maximum atomic E-state index is 13.7. The number of hydrogen-bond acceptors (Lipinski definition) is 7. The lowest BCUT2D eigenvalue weighted by Crippen LogP contribution is -2.19. The van der Waals surface area contributed by atoms with Gasteiger partial charge in [0.25, 0.3) is 5.91 Å². The Balaban J connectivity index is 2.19. The molecule has 0 bridgehead atoms. The minimum absolute atomic E-state index is 0.0191. The molecule has 26 heavy (non-hydrogen) atoms. The number of halogens is 4. The van der Waals surface area contributed by atoms with Crippen molar-refractivity contribution in [1.82, 2.24) is 5.32 Å². The Labute approximate surface area is 147 Å². The molecule has 2 rings (SSSR count). The first kappa shape index (κ1) is 19.4. The number of phenolic OH excluding ortho intramolecular Hbond substituents is 1. The van der Waals surface area contributed by atoms with Gasteiger partial charge in [-0.2, -0.15) is 18.3 Å². The number of nitrogens with zero attached hydrogens (tertiary/aromatic N) is 2. The van der Waals surface area contributed by atoms with Gasteiger partial charge < -0.3 is 9.84 Å². The first-order valence-corrected chi connectivity index (χ1v) is 7.43. The Hall–Kier alpha value is -2.89. The van der Waals surface area contributed by atoms with Crippen molar-refractivity contribution in [2.75, 3.05) is 7.11 Å². The van der Waals surface area contributed by atoms with Crippen LogP contribution in [0, 0.1) is 5.82 Å². The van der Waals surface area contributed by atoms with Gasteiger partial charge in [0, 0.05) is 6.08 Å². The number of rotatable bonds is 3. The van der Waals surface area contributed by atoms with Crippen molar-refractivity contribution in [3.63, 3.8) is 0 Å². The largest absolute Gasteiger partial charge is 0.507 e. The molecule has 1 amide bonds. The molecule has 0 atom stereocenters. The van der Waals surface area contributed by atoms with E-state index in [-0.39, 0.29) is 16.1 Å². The predicted octanol–water partition coefficient (Wildman–Crippen LogP) is 2.16. The van der Waals surface area contributed by atoms with Crippen molar-refractivity contribution in [3.8, 4) is 5.75 Å². The average Bonchev–Trinajstić information content (AvgIpc) is 2.88. The van der Waals surface area contributed by atoms with Crippen LogP contribution < -0.4 is 5.32 Å². The number of amides is 1. The first-order chi connectivity index (χ1) is 12.1. The molecule has 1 fully saturated rings. The molecule has 0 spiro atoms. The average molecular weight is 391 g/mol. The summed E-state index contributed by atoms with van der Waals surface area (Å²) in [7, 11) is 1.13. The van der Waals surface area contributed by atoms with Crippen molar-refractivity contribution in [1.29, 1.82) is 0 Å². The summed E-state index contributed by atoms with van der Waals surface area (Å²) in [6.45, 7) is 0. The van der Waals surface area contributed by atoms with Gasteiger partial charge >= 0.3 is 12.1 Å². The van der Waals surface area contributed by atoms with Crippen LogP contribution >= 0.6 is 11.8 Å². The Morgan fingerprint density at radius 1 is 1.38 bits per heavy atom. The van der Waals surface area contributed by atoms with Gasteiger partial charge in [-0.1, -0.05) is 0 Å². The van der Waals surface area contributed by atoms with Crippen molar-refractivity contribution < 1.29 is 37.0 Å². The van der Waals surface area contributed by atoms with Crippen LogP contribution in [0.5, 0.6) is 5.75 Å². The van der Waals surface area contributed by atoms with E-state index in [0.717, 1.165) is 24.9 Å². The van der Waals surface area contributed by atoms with Gasteiger partial charge in [0.2, 0.25) is 0 Å². The number of phenols is 1. The summed E-state index contributed by atoms with van der Waals surface area (Å²) in [5.41, 5.74) is -1.96. The van der Waals surface area contributed by atoms with Crippen molar-refractivity contribution in [3.05, 3.63) is 40.1 Å². The smallest absolute Gasteiger partial charge is 0.416 e. The normalized spacial score (nSPS) is 18.0. The molecule has 138 valence electrons. The monoisotopic (exact) mass is 391 g/mol. The Bertz CT molecular complexity index is 826. The third-order valence-corrected chi connectivity index (χ3v) is 3.77. The molecular weight excluding hydrogens is 382 g/mol. The molecule has 0 radical (unpaired) electrons. The molecule has 2 N–H and O–H groups in total. The summed E-state index contributed by atoms with van der Waals surface area (Å²) in [4.78, 5) is 22.6. The van der Waals surface area contributed by atoms with Gasteiger partial charge in [0.15, 0.2) is 5.17 Å². The Kier molecular flexibility index (Phi) is 5.65. The molecule has 12 heteroatoms. The minimum atomic E-state index is -4.82. The zero-order valence-electron chi connectivity index (χ0n) is 12.8. The number of amidine groups is 1. The number of methoxy groups -OCH3 is 1. The van der Waals surface area contributed by atoms with Crippen LogP contribution in [0.4, 0.5) is 17.6 Å². The lowest BCUT2D eigenvalue weighted by Gasteiger charge is -2.08. The zero-order valence-corrected chi connectivity index (χ0v) is 13.6. The lowest BCUT2D eigenvalue weighted by molar-refractivity contribution is -0.138. The fourth-order valence-electron chi connectivity index (χ4n) is 1.67. The van der Waals surface area contributed by atoms with Gasteiger partial charge in [0.05, 0.1) is 29.4 Å². The second kappa shape index (κ2) is 7.56. The van der Waals surface area contributed by atoms with Crippen molar-refractivity contribution in [2.45, 2.75) is 6.18 Å². The third-order valence-electron chi connectivity index (χ3n) is 2.87. The van der Waals surface area contributed by atoms with Crippen LogP contribution in [-0.2, 0) is 20.5 Å². The summed E-state index contributed by atoms with van der Waals surface area (Å²) in [6.07, 6.45) is -3.21. The molecule has 1 aliphatic heterocycles. The van der Waals surface area contributed by atoms with Crippen molar-refractivity contribution >= 4 is 35.0 Å².